The van der Waals surface area contributed by atoms with Crippen LogP contribution in [-0.4, -0.2) is 50.3 Å². The van der Waals surface area contributed by atoms with Gasteiger partial charge in [-0.25, -0.2) is 19.4 Å². The van der Waals surface area contributed by atoms with Gasteiger partial charge >= 0.3 is 5.97 Å². The molecule has 2 aliphatic heterocycles. The highest BCUT2D eigenvalue weighted by molar-refractivity contribution is 5.93. The number of aryl methyl sites for hydroxylation is 1. The molecule has 0 radical (unpaired) electrons. The van der Waals surface area contributed by atoms with Crippen LogP contribution in [0.4, 0.5) is 0 Å². The van der Waals surface area contributed by atoms with Gasteiger partial charge in [0.15, 0.2) is 0 Å². The smallest absolute Gasteiger partial charge is 0.338 e. The zero-order chi connectivity index (χ0) is 20.7. The van der Waals surface area contributed by atoms with E-state index < -0.39 is 0 Å². The van der Waals surface area contributed by atoms with E-state index in [4.69, 9.17) is 4.74 Å². The number of ether oxygens (including phenoxy) is 1. The molecule has 1 atom stereocenters. The number of carbonyl (C=O) groups excluding carboxylic acids is 1. The van der Waals surface area contributed by atoms with Gasteiger partial charge in [-0.2, -0.15) is 5.10 Å². The summed E-state index contributed by atoms with van der Waals surface area (Å²) in [5, 5.41) is 7.87. The van der Waals surface area contributed by atoms with Crippen molar-refractivity contribution in [3.8, 4) is 5.95 Å². The van der Waals surface area contributed by atoms with Crippen LogP contribution in [0.5, 0.6) is 0 Å². The minimum Gasteiger partial charge on any atom is -0.457 e. The molecule has 0 aliphatic carbocycles. The van der Waals surface area contributed by atoms with Gasteiger partial charge in [0.1, 0.15) is 6.61 Å². The molecule has 8 nitrogen and oxygen atoms in total. The van der Waals surface area contributed by atoms with Gasteiger partial charge < -0.3 is 10.1 Å². The first-order valence-corrected chi connectivity index (χ1v) is 10.2. The molecule has 5 rings (SSSR count). The minimum atomic E-state index is -0.216. The molecule has 1 fully saturated rings. The van der Waals surface area contributed by atoms with Crippen LogP contribution in [0.1, 0.15) is 44.2 Å². The molecule has 2 aliphatic rings. The summed E-state index contributed by atoms with van der Waals surface area (Å²) in [7, 11) is 0. The van der Waals surface area contributed by atoms with E-state index >= 15 is 0 Å². The van der Waals surface area contributed by atoms with Crippen LogP contribution < -0.4 is 5.32 Å². The first-order chi connectivity index (χ1) is 14.6. The lowest BCUT2D eigenvalue weighted by Gasteiger charge is -2.34. The Morgan fingerprint density at radius 3 is 2.80 bits per heavy atom. The average Bonchev–Trinajstić information content (AvgIpc) is 3.35. The highest BCUT2D eigenvalue weighted by Gasteiger charge is 2.28. The third-order valence-corrected chi connectivity index (χ3v) is 5.86. The lowest BCUT2D eigenvalue weighted by molar-refractivity contribution is 0.0535. The van der Waals surface area contributed by atoms with Crippen molar-refractivity contribution in [2.24, 2.45) is 0 Å². The predicted octanol–water partition coefficient (Wildman–Crippen LogP) is 2.10. The second-order valence-electron chi connectivity index (χ2n) is 7.98. The molecule has 0 saturated carbocycles. The lowest BCUT2D eigenvalue weighted by Crippen LogP contribution is -2.45. The standard InChI is InChI=1S/C22H24N6O2/c1-14-7-26-28(10-14)22-24-8-16(9-25-22)11-27-6-5-23-20(12-27)17-3-4-18-19(15(17)2)13-30-21(18)29/h3-4,7-10,20,23H,5-6,11-13H2,1-2H3. The summed E-state index contributed by atoms with van der Waals surface area (Å²) in [6, 6.07) is 4.18. The number of nitrogens with zero attached hydrogens (tertiary/aromatic N) is 5. The van der Waals surface area contributed by atoms with E-state index in [1.807, 2.05) is 31.6 Å². The molecule has 1 N–H and O–H groups in total. The third kappa shape index (κ3) is 3.48. The summed E-state index contributed by atoms with van der Waals surface area (Å²) in [6.45, 7) is 8.00. The summed E-state index contributed by atoms with van der Waals surface area (Å²) in [5.41, 5.74) is 6.26. The van der Waals surface area contributed by atoms with Crippen molar-refractivity contribution < 1.29 is 9.53 Å². The fourth-order valence-electron chi connectivity index (χ4n) is 4.24. The van der Waals surface area contributed by atoms with Crippen molar-refractivity contribution in [2.75, 3.05) is 19.6 Å². The number of nitrogens with one attached hydrogen (secondary N) is 1. The molecule has 3 aromatic rings. The van der Waals surface area contributed by atoms with Crippen LogP contribution in [0.2, 0.25) is 0 Å². The maximum Gasteiger partial charge on any atom is 0.338 e. The molecule has 0 bridgehead atoms. The lowest BCUT2D eigenvalue weighted by atomic mass is 9.93. The fraction of sp³-hybridized carbons (Fsp3) is 0.364. The van der Waals surface area contributed by atoms with Crippen molar-refractivity contribution in [2.45, 2.75) is 33.0 Å². The molecule has 4 heterocycles. The summed E-state index contributed by atoms with van der Waals surface area (Å²) < 4.78 is 6.89. The van der Waals surface area contributed by atoms with Gasteiger partial charge in [0.05, 0.1) is 11.8 Å². The molecule has 1 saturated heterocycles. The quantitative estimate of drug-likeness (QED) is 0.667. The maximum absolute atomic E-state index is 11.8. The normalized spacial score (nSPS) is 19.0. The number of hydrogen-bond acceptors (Lipinski definition) is 7. The topological polar surface area (TPSA) is 85.2 Å². The summed E-state index contributed by atoms with van der Waals surface area (Å²) in [6.07, 6.45) is 7.45. The molecule has 154 valence electrons. The van der Waals surface area contributed by atoms with Crippen LogP contribution in [0.3, 0.4) is 0 Å². The number of piperazine rings is 1. The molecular weight excluding hydrogens is 380 g/mol. The highest BCUT2D eigenvalue weighted by Crippen LogP contribution is 2.30. The van der Waals surface area contributed by atoms with Crippen LogP contribution in [0.25, 0.3) is 5.95 Å². The van der Waals surface area contributed by atoms with E-state index in [2.05, 4.69) is 38.3 Å². The number of carbonyl (C=O) groups is 1. The maximum atomic E-state index is 11.8. The Hall–Kier alpha value is -3.10. The van der Waals surface area contributed by atoms with E-state index in [0.717, 1.165) is 48.4 Å². The molecule has 0 amide bonds. The van der Waals surface area contributed by atoms with Crippen molar-refractivity contribution >= 4 is 5.97 Å². The monoisotopic (exact) mass is 404 g/mol. The van der Waals surface area contributed by atoms with Gasteiger partial charge in [0.25, 0.3) is 0 Å². The van der Waals surface area contributed by atoms with Gasteiger partial charge in [0.2, 0.25) is 5.95 Å². The van der Waals surface area contributed by atoms with Gasteiger partial charge in [-0.15, -0.1) is 0 Å². The number of fused-ring (bicyclic) bond motifs is 1. The molecule has 2 aromatic heterocycles. The third-order valence-electron chi connectivity index (χ3n) is 5.86. The fourth-order valence-corrected chi connectivity index (χ4v) is 4.24. The Balaban J connectivity index is 1.29. The number of cyclic esters (lactones) is 1. The van der Waals surface area contributed by atoms with Crippen LogP contribution in [-0.2, 0) is 17.9 Å². The summed E-state index contributed by atoms with van der Waals surface area (Å²) in [5.74, 6) is 0.363. The predicted molar refractivity (Wildman–Crippen MR) is 110 cm³/mol. The van der Waals surface area contributed by atoms with Crippen LogP contribution in [0.15, 0.2) is 36.9 Å². The highest BCUT2D eigenvalue weighted by atomic mass is 16.5. The minimum absolute atomic E-state index is 0.215. The van der Waals surface area contributed by atoms with E-state index in [1.54, 1.807) is 10.9 Å². The van der Waals surface area contributed by atoms with E-state index in [1.165, 1.54) is 5.56 Å². The summed E-state index contributed by atoms with van der Waals surface area (Å²) >= 11 is 0. The number of aromatic nitrogens is 4. The second kappa shape index (κ2) is 7.62. The second-order valence-corrected chi connectivity index (χ2v) is 7.98. The largest absolute Gasteiger partial charge is 0.457 e. The van der Waals surface area contributed by atoms with Crippen molar-refractivity contribution in [3.05, 3.63) is 70.3 Å². The number of esters is 1. The Bertz CT molecular complexity index is 1090. The molecular formula is C22H24N6O2. The van der Waals surface area contributed by atoms with Crippen LogP contribution in [0, 0.1) is 13.8 Å². The first kappa shape index (κ1) is 18.9. The molecule has 0 spiro atoms. The van der Waals surface area contributed by atoms with E-state index in [-0.39, 0.29) is 12.0 Å². The average molecular weight is 404 g/mol. The summed E-state index contributed by atoms with van der Waals surface area (Å²) in [4.78, 5) is 23.2. The zero-order valence-electron chi connectivity index (χ0n) is 17.1. The van der Waals surface area contributed by atoms with Gasteiger partial charge in [-0.1, -0.05) is 6.07 Å². The van der Waals surface area contributed by atoms with Gasteiger partial charge in [-0.3, -0.25) is 4.90 Å². The zero-order valence-corrected chi connectivity index (χ0v) is 17.1. The van der Waals surface area contributed by atoms with E-state index in [0.29, 0.717) is 18.1 Å². The first-order valence-electron chi connectivity index (χ1n) is 10.2. The van der Waals surface area contributed by atoms with Gasteiger partial charge in [-0.05, 0) is 36.6 Å². The Labute approximate surface area is 174 Å². The number of rotatable bonds is 4. The number of hydrogen-bond donors (Lipinski definition) is 1. The Morgan fingerprint density at radius 1 is 1.20 bits per heavy atom. The van der Waals surface area contributed by atoms with Crippen molar-refractivity contribution in [1.29, 1.82) is 0 Å². The number of benzene rings is 1. The Morgan fingerprint density at radius 2 is 2.03 bits per heavy atom. The van der Waals surface area contributed by atoms with Crippen LogP contribution >= 0.6 is 0 Å². The molecule has 8 heteroatoms. The van der Waals surface area contributed by atoms with Crippen molar-refractivity contribution in [3.63, 3.8) is 0 Å². The SMILES string of the molecule is Cc1cnn(-c2ncc(CN3CCNC(c4ccc5c(c4C)COC5=O)C3)cn2)c1. The van der Waals surface area contributed by atoms with E-state index in [9.17, 15) is 4.79 Å². The Kier molecular flexibility index (Phi) is 4.80. The van der Waals surface area contributed by atoms with Crippen molar-refractivity contribution in [1.82, 2.24) is 30.0 Å². The molecule has 1 aromatic carbocycles. The molecule has 1 unspecified atom stereocenters. The van der Waals surface area contributed by atoms with Gasteiger partial charge in [0, 0.05) is 61.9 Å². The molecule has 30 heavy (non-hydrogen) atoms.